The smallest absolute Gasteiger partial charge is 0.224 e. The van der Waals surface area contributed by atoms with Gasteiger partial charge in [0, 0.05) is 18.4 Å². The molecular weight excluding hydrogens is 365 g/mol. The predicted molar refractivity (Wildman–Crippen MR) is 94.3 cm³/mol. The van der Waals surface area contributed by atoms with E-state index in [4.69, 9.17) is 0 Å². The summed E-state index contributed by atoms with van der Waals surface area (Å²) in [5.41, 5.74) is 1.12. The standard InChI is InChI=1S/C18H16F3N2O2S/c1-13-3-5-14(6-4-13)17-22-11-12-23(17,18(19,20)21)15-7-9-16(10-8-15)26(2,24)25/h3-12H,1-2H3/q+1. The molecule has 26 heavy (non-hydrogen) atoms. The Balaban J connectivity index is 2.18. The van der Waals surface area contributed by atoms with Gasteiger partial charge in [0.25, 0.3) is 5.84 Å². The average Bonchev–Trinajstić information content (AvgIpc) is 3.01. The first-order chi connectivity index (χ1) is 12.1. The van der Waals surface area contributed by atoms with Gasteiger partial charge in [-0.25, -0.2) is 8.42 Å². The van der Waals surface area contributed by atoms with Crippen LogP contribution in [-0.4, -0.2) is 26.8 Å². The van der Waals surface area contributed by atoms with Crippen LogP contribution < -0.4 is 4.48 Å². The Labute approximate surface area is 149 Å². The van der Waals surface area contributed by atoms with Crippen molar-refractivity contribution in [3.8, 4) is 0 Å². The van der Waals surface area contributed by atoms with E-state index in [1.807, 2.05) is 6.92 Å². The van der Waals surface area contributed by atoms with Gasteiger partial charge in [-0.3, -0.25) is 0 Å². The van der Waals surface area contributed by atoms with E-state index in [1.165, 1.54) is 24.3 Å². The molecule has 1 aliphatic rings. The molecule has 1 heterocycles. The number of aryl methyl sites for hydroxylation is 1. The maximum absolute atomic E-state index is 14.2. The van der Waals surface area contributed by atoms with Crippen LogP contribution in [0.25, 0.3) is 0 Å². The van der Waals surface area contributed by atoms with Gasteiger partial charge in [-0.05, 0) is 31.2 Å². The minimum absolute atomic E-state index is 0.0430. The van der Waals surface area contributed by atoms with Crippen LogP contribution in [0.1, 0.15) is 11.1 Å². The number of hydrogen-bond acceptors (Lipinski definition) is 3. The van der Waals surface area contributed by atoms with E-state index in [2.05, 4.69) is 4.99 Å². The number of hydrogen-bond donors (Lipinski definition) is 0. The first-order valence-electron chi connectivity index (χ1n) is 7.65. The SMILES string of the molecule is Cc1ccc(C2=NC=C[N+]2(c2ccc(S(C)(=O)=O)cc2)C(F)(F)F)cc1. The fourth-order valence-corrected chi connectivity index (χ4v) is 3.46. The quantitative estimate of drug-likeness (QED) is 0.592. The van der Waals surface area contributed by atoms with Crippen LogP contribution in [0.2, 0.25) is 0 Å². The van der Waals surface area contributed by atoms with E-state index in [9.17, 15) is 21.6 Å². The number of nitrogens with zero attached hydrogens (tertiary/aromatic N) is 2. The van der Waals surface area contributed by atoms with Crippen LogP contribution in [0, 0.1) is 6.92 Å². The number of amidine groups is 1. The largest absolute Gasteiger partial charge is 0.576 e. The highest BCUT2D eigenvalue weighted by molar-refractivity contribution is 7.90. The molecule has 0 amide bonds. The molecule has 0 radical (unpaired) electrons. The van der Waals surface area contributed by atoms with Crippen molar-refractivity contribution in [1.29, 1.82) is 0 Å². The summed E-state index contributed by atoms with van der Waals surface area (Å²) in [4.78, 5) is 3.93. The number of aliphatic imine (C=N–C) groups is 1. The predicted octanol–water partition coefficient (Wildman–Crippen LogP) is 4.16. The summed E-state index contributed by atoms with van der Waals surface area (Å²) in [5.74, 6) is -0.190. The van der Waals surface area contributed by atoms with E-state index in [0.29, 0.717) is 5.56 Å². The van der Waals surface area contributed by atoms with Crippen LogP contribution >= 0.6 is 0 Å². The highest BCUT2D eigenvalue weighted by atomic mass is 32.2. The number of rotatable bonds is 3. The van der Waals surface area contributed by atoms with Crippen molar-refractivity contribution in [1.82, 2.24) is 4.48 Å². The Morgan fingerprint density at radius 1 is 0.962 bits per heavy atom. The van der Waals surface area contributed by atoms with Gasteiger partial charge in [-0.1, -0.05) is 17.7 Å². The van der Waals surface area contributed by atoms with Crippen LogP contribution in [0.15, 0.2) is 70.8 Å². The van der Waals surface area contributed by atoms with E-state index < -0.39 is 20.6 Å². The summed E-state index contributed by atoms with van der Waals surface area (Å²) in [6, 6.07) is 11.3. The van der Waals surface area contributed by atoms with Crippen LogP contribution in [0.5, 0.6) is 0 Å². The van der Waals surface area contributed by atoms with Gasteiger partial charge in [-0.15, -0.1) is 17.7 Å². The molecule has 0 fully saturated rings. The van der Waals surface area contributed by atoms with Crippen molar-refractivity contribution in [2.24, 2.45) is 4.99 Å². The van der Waals surface area contributed by atoms with Crippen LogP contribution in [0.3, 0.4) is 0 Å². The van der Waals surface area contributed by atoms with Crippen molar-refractivity contribution in [2.45, 2.75) is 18.1 Å². The van der Waals surface area contributed by atoms with Crippen molar-refractivity contribution in [3.63, 3.8) is 0 Å². The lowest BCUT2D eigenvalue weighted by molar-refractivity contribution is -0.196. The molecule has 0 spiro atoms. The lowest BCUT2D eigenvalue weighted by Gasteiger charge is -2.32. The number of benzene rings is 2. The van der Waals surface area contributed by atoms with Crippen molar-refractivity contribution >= 4 is 21.4 Å². The minimum Gasteiger partial charge on any atom is -0.224 e. The van der Waals surface area contributed by atoms with Gasteiger partial charge in [0.05, 0.1) is 16.7 Å². The Kier molecular flexibility index (Phi) is 4.28. The fourth-order valence-electron chi connectivity index (χ4n) is 2.83. The van der Waals surface area contributed by atoms with Crippen LogP contribution in [-0.2, 0) is 9.84 Å². The molecule has 8 heteroatoms. The molecule has 0 aromatic heterocycles. The second-order valence-electron chi connectivity index (χ2n) is 6.07. The van der Waals surface area contributed by atoms with Gasteiger partial charge in [-0.2, -0.15) is 4.99 Å². The third-order valence-corrected chi connectivity index (χ3v) is 5.33. The molecule has 4 nitrogen and oxygen atoms in total. The first-order valence-corrected chi connectivity index (χ1v) is 9.54. The molecular formula is C18H16F3N2O2S+. The number of alkyl halides is 3. The molecule has 0 bridgehead atoms. The topological polar surface area (TPSA) is 46.5 Å². The van der Waals surface area contributed by atoms with E-state index >= 15 is 0 Å². The lowest BCUT2D eigenvalue weighted by Crippen LogP contribution is -2.58. The summed E-state index contributed by atoms with van der Waals surface area (Å²) in [6.07, 6.45) is -1.63. The molecule has 1 atom stereocenters. The highest BCUT2D eigenvalue weighted by Gasteiger charge is 2.61. The summed E-state index contributed by atoms with van der Waals surface area (Å²) >= 11 is 0. The van der Waals surface area contributed by atoms with Crippen molar-refractivity contribution < 1.29 is 21.6 Å². The average molecular weight is 381 g/mol. The van der Waals surface area contributed by atoms with Gasteiger partial charge >= 0.3 is 6.30 Å². The Morgan fingerprint density at radius 3 is 2.04 bits per heavy atom. The summed E-state index contributed by atoms with van der Waals surface area (Å²) in [7, 11) is -3.51. The number of sulfone groups is 1. The Morgan fingerprint density at radius 2 is 1.54 bits per heavy atom. The second kappa shape index (κ2) is 6.07. The molecule has 0 saturated heterocycles. The maximum atomic E-state index is 14.2. The maximum Gasteiger partial charge on any atom is 0.576 e. The molecule has 136 valence electrons. The third-order valence-electron chi connectivity index (χ3n) is 4.20. The molecule has 1 aliphatic heterocycles. The van der Waals surface area contributed by atoms with Crippen LogP contribution in [0.4, 0.5) is 18.9 Å². The lowest BCUT2D eigenvalue weighted by atomic mass is 10.1. The molecule has 2 aromatic carbocycles. The van der Waals surface area contributed by atoms with Gasteiger partial charge in [0.2, 0.25) is 0 Å². The zero-order valence-electron chi connectivity index (χ0n) is 14.0. The minimum atomic E-state index is -4.71. The molecule has 3 rings (SSSR count). The summed E-state index contributed by atoms with van der Waals surface area (Å²) < 4.78 is 64.1. The normalized spacial score (nSPS) is 20.3. The Bertz CT molecular complexity index is 992. The molecule has 0 saturated carbocycles. The van der Waals surface area contributed by atoms with Crippen molar-refractivity contribution in [2.75, 3.05) is 6.26 Å². The van der Waals surface area contributed by atoms with E-state index in [1.54, 1.807) is 24.3 Å². The van der Waals surface area contributed by atoms with E-state index in [-0.39, 0.29) is 16.4 Å². The molecule has 0 N–H and O–H groups in total. The number of quaternary nitrogens is 1. The number of halogens is 3. The monoisotopic (exact) mass is 381 g/mol. The third kappa shape index (κ3) is 2.95. The molecule has 1 unspecified atom stereocenters. The zero-order chi connectivity index (χ0) is 19.2. The summed E-state index contributed by atoms with van der Waals surface area (Å²) in [5, 5.41) is 0. The molecule has 2 aromatic rings. The van der Waals surface area contributed by atoms with Crippen molar-refractivity contribution in [3.05, 3.63) is 72.1 Å². The van der Waals surface area contributed by atoms with Gasteiger partial charge in [0.1, 0.15) is 6.20 Å². The summed E-state index contributed by atoms with van der Waals surface area (Å²) in [6.45, 7) is 1.84. The second-order valence-corrected chi connectivity index (χ2v) is 8.09. The zero-order valence-corrected chi connectivity index (χ0v) is 14.8. The first kappa shape index (κ1) is 18.3. The van der Waals surface area contributed by atoms with E-state index in [0.717, 1.165) is 24.2 Å². The van der Waals surface area contributed by atoms with Gasteiger partial charge < -0.3 is 0 Å². The molecule has 0 aliphatic carbocycles. The highest BCUT2D eigenvalue weighted by Crippen LogP contribution is 2.42. The Hall–Kier alpha value is -2.45. The fraction of sp³-hybridized carbons (Fsp3) is 0.167. The van der Waals surface area contributed by atoms with Gasteiger partial charge in [0.15, 0.2) is 15.5 Å².